The number of anilines is 1. The van der Waals surface area contributed by atoms with Crippen LogP contribution in [-0.2, 0) is 0 Å². The van der Waals surface area contributed by atoms with Gasteiger partial charge in [0.05, 0.1) is 28.7 Å². The van der Waals surface area contributed by atoms with Gasteiger partial charge in [-0.25, -0.2) is 9.97 Å². The first kappa shape index (κ1) is 16.0. The molecule has 24 heavy (non-hydrogen) atoms. The average Bonchev–Trinajstić information content (AvgIpc) is 2.61. The summed E-state index contributed by atoms with van der Waals surface area (Å²) in [6.45, 7) is 3.94. The van der Waals surface area contributed by atoms with Gasteiger partial charge in [-0.2, -0.15) is 10.5 Å². The standard InChI is InChI=1S/C17H15ClN6/c1-2-3-23-4-5-24(10-13(23)9-20)17-14-6-12(8-19)15(18)7-16(14)21-11-22-17/h2-3,6-7,11,13H,4-5,10H2,1H3. The minimum Gasteiger partial charge on any atom is -0.359 e. The molecule has 2 aromatic rings. The molecule has 120 valence electrons. The fraction of sp³-hybridized carbons (Fsp3) is 0.294. The van der Waals surface area contributed by atoms with E-state index in [0.717, 1.165) is 24.3 Å². The third kappa shape index (κ3) is 2.84. The van der Waals surface area contributed by atoms with E-state index in [1.165, 1.54) is 6.33 Å². The topological polar surface area (TPSA) is 79.8 Å². The molecule has 1 aromatic carbocycles. The predicted molar refractivity (Wildman–Crippen MR) is 92.4 cm³/mol. The lowest BCUT2D eigenvalue weighted by molar-refractivity contribution is 0.294. The number of allylic oxidation sites excluding steroid dienone is 1. The van der Waals surface area contributed by atoms with Crippen molar-refractivity contribution in [1.82, 2.24) is 14.9 Å². The van der Waals surface area contributed by atoms with Crippen molar-refractivity contribution < 1.29 is 0 Å². The van der Waals surface area contributed by atoms with E-state index in [4.69, 9.17) is 11.6 Å². The molecule has 3 rings (SSSR count). The second kappa shape index (κ2) is 6.74. The number of hydrogen-bond donors (Lipinski definition) is 0. The Morgan fingerprint density at radius 1 is 1.29 bits per heavy atom. The van der Waals surface area contributed by atoms with Gasteiger partial charge in [-0.15, -0.1) is 0 Å². The van der Waals surface area contributed by atoms with Gasteiger partial charge < -0.3 is 9.80 Å². The lowest BCUT2D eigenvalue weighted by Crippen LogP contribution is -2.50. The molecule has 1 unspecified atom stereocenters. The van der Waals surface area contributed by atoms with Crippen molar-refractivity contribution in [2.75, 3.05) is 24.5 Å². The van der Waals surface area contributed by atoms with Gasteiger partial charge in [0.2, 0.25) is 0 Å². The molecular weight excluding hydrogens is 324 g/mol. The van der Waals surface area contributed by atoms with Gasteiger partial charge in [0.1, 0.15) is 24.3 Å². The molecule has 1 aromatic heterocycles. The molecule has 0 bridgehead atoms. The van der Waals surface area contributed by atoms with E-state index in [1.54, 1.807) is 12.1 Å². The lowest BCUT2D eigenvalue weighted by atomic mass is 10.1. The molecule has 7 heteroatoms. The monoisotopic (exact) mass is 338 g/mol. The van der Waals surface area contributed by atoms with Gasteiger partial charge in [0.25, 0.3) is 0 Å². The minimum atomic E-state index is -0.247. The van der Waals surface area contributed by atoms with Crippen molar-refractivity contribution in [1.29, 1.82) is 10.5 Å². The fourth-order valence-electron chi connectivity index (χ4n) is 2.88. The van der Waals surface area contributed by atoms with Crippen LogP contribution in [0.5, 0.6) is 0 Å². The highest BCUT2D eigenvalue weighted by Crippen LogP contribution is 2.29. The SMILES string of the molecule is CC=CN1CCN(c2ncnc3cc(Cl)c(C#N)cc23)CC1C#N. The minimum absolute atomic E-state index is 0.247. The molecule has 1 aliphatic rings. The van der Waals surface area contributed by atoms with E-state index >= 15 is 0 Å². The van der Waals surface area contributed by atoms with Crippen LogP contribution in [0.4, 0.5) is 5.82 Å². The summed E-state index contributed by atoms with van der Waals surface area (Å²) in [6.07, 6.45) is 5.36. The number of hydrogen-bond acceptors (Lipinski definition) is 6. The predicted octanol–water partition coefficient (Wildman–Crippen LogP) is 2.70. The maximum atomic E-state index is 9.44. The van der Waals surface area contributed by atoms with Crippen molar-refractivity contribution in [2.45, 2.75) is 13.0 Å². The summed E-state index contributed by atoms with van der Waals surface area (Å²) in [5.41, 5.74) is 1.08. The van der Waals surface area contributed by atoms with Crippen molar-refractivity contribution in [3.05, 3.63) is 41.3 Å². The van der Waals surface area contributed by atoms with Crippen LogP contribution in [0.2, 0.25) is 5.02 Å². The van der Waals surface area contributed by atoms with Crippen LogP contribution >= 0.6 is 11.6 Å². The molecule has 0 amide bonds. The summed E-state index contributed by atoms with van der Waals surface area (Å²) >= 11 is 6.09. The summed E-state index contributed by atoms with van der Waals surface area (Å²) in [7, 11) is 0. The summed E-state index contributed by atoms with van der Waals surface area (Å²) in [5, 5.41) is 19.8. The zero-order valence-corrected chi connectivity index (χ0v) is 13.9. The third-order valence-electron chi connectivity index (χ3n) is 4.03. The second-order valence-corrected chi connectivity index (χ2v) is 5.88. The first-order chi connectivity index (χ1) is 11.7. The van der Waals surface area contributed by atoms with Crippen LogP contribution in [0, 0.1) is 22.7 Å². The van der Waals surface area contributed by atoms with E-state index in [0.29, 0.717) is 22.6 Å². The Labute approximate surface area is 145 Å². The van der Waals surface area contributed by atoms with Crippen molar-refractivity contribution >= 4 is 28.3 Å². The first-order valence-corrected chi connectivity index (χ1v) is 7.93. The Morgan fingerprint density at radius 2 is 2.12 bits per heavy atom. The van der Waals surface area contributed by atoms with Crippen molar-refractivity contribution in [2.24, 2.45) is 0 Å². The number of piperazine rings is 1. The number of benzene rings is 1. The number of rotatable bonds is 2. The van der Waals surface area contributed by atoms with Crippen LogP contribution in [0.25, 0.3) is 10.9 Å². The fourth-order valence-corrected chi connectivity index (χ4v) is 3.08. The number of halogens is 1. The highest BCUT2D eigenvalue weighted by atomic mass is 35.5. The van der Waals surface area contributed by atoms with Gasteiger partial charge in [0.15, 0.2) is 0 Å². The molecule has 0 saturated carbocycles. The highest BCUT2D eigenvalue weighted by Gasteiger charge is 2.26. The number of aromatic nitrogens is 2. The van der Waals surface area contributed by atoms with E-state index in [2.05, 4.69) is 27.0 Å². The molecule has 1 fully saturated rings. The third-order valence-corrected chi connectivity index (χ3v) is 4.35. The van der Waals surface area contributed by atoms with E-state index in [9.17, 15) is 10.5 Å². The van der Waals surface area contributed by atoms with Crippen LogP contribution < -0.4 is 4.90 Å². The second-order valence-electron chi connectivity index (χ2n) is 5.47. The Bertz CT molecular complexity index is 879. The Hall–Kier alpha value is -2.83. The van der Waals surface area contributed by atoms with Crippen LogP contribution in [0.3, 0.4) is 0 Å². The zero-order chi connectivity index (χ0) is 17.1. The molecule has 0 N–H and O–H groups in total. The van der Waals surface area contributed by atoms with E-state index in [1.807, 2.05) is 24.1 Å². The maximum absolute atomic E-state index is 9.44. The molecule has 6 nitrogen and oxygen atoms in total. The maximum Gasteiger partial charge on any atom is 0.140 e. The Morgan fingerprint density at radius 3 is 2.83 bits per heavy atom. The van der Waals surface area contributed by atoms with Gasteiger partial charge in [0, 0.05) is 18.5 Å². The number of nitriles is 2. The van der Waals surface area contributed by atoms with Gasteiger partial charge in [-0.1, -0.05) is 17.7 Å². The van der Waals surface area contributed by atoms with Crippen LogP contribution in [-0.4, -0.2) is 40.5 Å². The largest absolute Gasteiger partial charge is 0.359 e. The van der Waals surface area contributed by atoms with Crippen molar-refractivity contribution in [3.63, 3.8) is 0 Å². The normalized spacial score (nSPS) is 17.9. The first-order valence-electron chi connectivity index (χ1n) is 7.55. The number of fused-ring (bicyclic) bond motifs is 1. The summed E-state index contributed by atoms with van der Waals surface area (Å²) < 4.78 is 0. The van der Waals surface area contributed by atoms with Crippen LogP contribution in [0.1, 0.15) is 12.5 Å². The Kier molecular flexibility index (Phi) is 4.50. The summed E-state index contributed by atoms with van der Waals surface area (Å²) in [4.78, 5) is 12.7. The molecular formula is C17H15ClN6. The van der Waals surface area contributed by atoms with Gasteiger partial charge in [-0.3, -0.25) is 0 Å². The average molecular weight is 339 g/mol. The van der Waals surface area contributed by atoms with Gasteiger partial charge >= 0.3 is 0 Å². The van der Waals surface area contributed by atoms with Crippen molar-refractivity contribution in [3.8, 4) is 12.1 Å². The Balaban J connectivity index is 2.01. The molecule has 0 radical (unpaired) electrons. The van der Waals surface area contributed by atoms with E-state index in [-0.39, 0.29) is 6.04 Å². The van der Waals surface area contributed by atoms with E-state index < -0.39 is 0 Å². The molecule has 0 spiro atoms. The van der Waals surface area contributed by atoms with Gasteiger partial charge in [-0.05, 0) is 25.3 Å². The smallest absolute Gasteiger partial charge is 0.140 e. The summed E-state index contributed by atoms with van der Waals surface area (Å²) in [6, 6.07) is 7.57. The molecule has 1 atom stereocenters. The molecule has 0 aliphatic carbocycles. The molecule has 1 saturated heterocycles. The van der Waals surface area contributed by atoms with Crippen LogP contribution in [0.15, 0.2) is 30.7 Å². The molecule has 2 heterocycles. The zero-order valence-electron chi connectivity index (χ0n) is 13.1. The quantitative estimate of drug-likeness (QED) is 0.837. The number of nitrogens with zero attached hydrogens (tertiary/aromatic N) is 6. The summed E-state index contributed by atoms with van der Waals surface area (Å²) in [5.74, 6) is 0.730. The lowest BCUT2D eigenvalue weighted by Gasteiger charge is -2.38. The molecule has 1 aliphatic heterocycles. The highest BCUT2D eigenvalue weighted by molar-refractivity contribution is 6.32.